The van der Waals surface area contributed by atoms with Crippen molar-refractivity contribution in [2.45, 2.75) is 13.0 Å². The van der Waals surface area contributed by atoms with Crippen LogP contribution in [0.5, 0.6) is 0 Å². The Labute approximate surface area is 190 Å². The molecule has 0 aliphatic heterocycles. The minimum atomic E-state index is -0.663. The van der Waals surface area contributed by atoms with Crippen molar-refractivity contribution in [1.29, 1.82) is 0 Å². The minimum Gasteiger partial charge on any atom is -0.358 e. The molecule has 3 aromatic heterocycles. The van der Waals surface area contributed by atoms with E-state index in [1.807, 2.05) is 0 Å². The molecular formula is C21H14Cl2FN7O. The molecule has 0 spiro atoms. The molecule has 0 aliphatic carbocycles. The fourth-order valence-corrected chi connectivity index (χ4v) is 4.07. The summed E-state index contributed by atoms with van der Waals surface area (Å²) in [6.07, 6.45) is 2.89. The Hall–Kier alpha value is -3.56. The first-order valence-electron chi connectivity index (χ1n) is 9.50. The molecular weight excluding hydrogens is 456 g/mol. The predicted molar refractivity (Wildman–Crippen MR) is 121 cm³/mol. The first kappa shape index (κ1) is 20.3. The number of hydrogen-bond acceptors (Lipinski definition) is 6. The van der Waals surface area contributed by atoms with Crippen LogP contribution in [0, 0.1) is 5.82 Å². The van der Waals surface area contributed by atoms with Gasteiger partial charge < -0.3 is 10.3 Å². The highest BCUT2D eigenvalue weighted by Gasteiger charge is 2.21. The fraction of sp³-hybridized carbons (Fsp3) is 0.0952. The number of nitrogens with one attached hydrogen (secondary N) is 2. The Morgan fingerprint density at radius 1 is 1.12 bits per heavy atom. The van der Waals surface area contributed by atoms with Gasteiger partial charge in [-0.15, -0.1) is 0 Å². The number of fused-ring (bicyclic) bond motifs is 2. The van der Waals surface area contributed by atoms with Crippen LogP contribution in [-0.4, -0.2) is 29.5 Å². The number of aromatic amines is 1. The summed E-state index contributed by atoms with van der Waals surface area (Å²) in [4.78, 5) is 33.5. The Morgan fingerprint density at radius 2 is 1.91 bits per heavy atom. The van der Waals surface area contributed by atoms with Crippen LogP contribution in [0.15, 0.2) is 53.8 Å². The van der Waals surface area contributed by atoms with Crippen LogP contribution in [-0.2, 0) is 0 Å². The Kier molecular flexibility index (Phi) is 4.99. The number of nitrogens with zero attached hydrogens (tertiary/aromatic N) is 5. The first-order valence-corrected chi connectivity index (χ1v) is 10.3. The first-order chi connectivity index (χ1) is 15.4. The van der Waals surface area contributed by atoms with Crippen LogP contribution < -0.4 is 10.9 Å². The van der Waals surface area contributed by atoms with Gasteiger partial charge in [-0.1, -0.05) is 29.3 Å². The van der Waals surface area contributed by atoms with Crippen molar-refractivity contribution in [3.05, 3.63) is 81.1 Å². The van der Waals surface area contributed by atoms with Gasteiger partial charge in [0.25, 0.3) is 5.56 Å². The Morgan fingerprint density at radius 3 is 2.69 bits per heavy atom. The molecule has 0 aliphatic rings. The van der Waals surface area contributed by atoms with Crippen LogP contribution in [0.2, 0.25) is 10.0 Å². The van der Waals surface area contributed by atoms with Crippen LogP contribution >= 0.6 is 23.2 Å². The zero-order valence-electron chi connectivity index (χ0n) is 16.5. The van der Waals surface area contributed by atoms with Crippen molar-refractivity contribution in [3.8, 4) is 5.69 Å². The summed E-state index contributed by atoms with van der Waals surface area (Å²) in [5, 5.41) is 3.76. The number of halogens is 3. The Bertz CT molecular complexity index is 1530. The van der Waals surface area contributed by atoms with Crippen molar-refractivity contribution >= 4 is 51.1 Å². The van der Waals surface area contributed by atoms with Crippen molar-refractivity contribution in [3.63, 3.8) is 0 Å². The van der Waals surface area contributed by atoms with Gasteiger partial charge in [-0.05, 0) is 37.3 Å². The number of imidazole rings is 1. The molecule has 8 nitrogen and oxygen atoms in total. The summed E-state index contributed by atoms with van der Waals surface area (Å²) in [5.41, 5.74) is 1.11. The molecule has 0 saturated carbocycles. The molecule has 2 N–H and O–H groups in total. The number of aromatic nitrogens is 6. The fourth-order valence-electron chi connectivity index (χ4n) is 3.56. The van der Waals surface area contributed by atoms with E-state index in [2.05, 4.69) is 30.2 Å². The second-order valence-electron chi connectivity index (χ2n) is 7.06. The van der Waals surface area contributed by atoms with Crippen molar-refractivity contribution in [2.24, 2.45) is 0 Å². The van der Waals surface area contributed by atoms with Gasteiger partial charge in [0.2, 0.25) is 0 Å². The quantitative estimate of drug-likeness (QED) is 0.396. The number of rotatable bonds is 4. The van der Waals surface area contributed by atoms with Gasteiger partial charge in [0.1, 0.15) is 28.9 Å². The van der Waals surface area contributed by atoms with E-state index in [0.717, 1.165) is 0 Å². The molecule has 160 valence electrons. The molecule has 0 amide bonds. The monoisotopic (exact) mass is 469 g/mol. The molecule has 0 unspecified atom stereocenters. The van der Waals surface area contributed by atoms with Crippen molar-refractivity contribution in [2.75, 3.05) is 5.32 Å². The molecule has 0 bridgehead atoms. The molecule has 5 aromatic rings. The van der Waals surface area contributed by atoms with Gasteiger partial charge in [-0.2, -0.15) is 0 Å². The maximum Gasteiger partial charge on any atom is 0.269 e. The smallest absolute Gasteiger partial charge is 0.269 e. The summed E-state index contributed by atoms with van der Waals surface area (Å²) >= 11 is 12.4. The zero-order chi connectivity index (χ0) is 22.4. The average Bonchev–Trinajstić information content (AvgIpc) is 3.22. The third-order valence-corrected chi connectivity index (χ3v) is 5.38. The second-order valence-corrected chi connectivity index (χ2v) is 7.93. The maximum absolute atomic E-state index is 14.6. The molecule has 0 radical (unpaired) electrons. The van der Waals surface area contributed by atoms with E-state index in [1.165, 1.54) is 29.4 Å². The highest BCUT2D eigenvalue weighted by atomic mass is 35.5. The summed E-state index contributed by atoms with van der Waals surface area (Å²) < 4.78 is 15.9. The van der Waals surface area contributed by atoms with Gasteiger partial charge in [-0.3, -0.25) is 9.36 Å². The highest BCUT2D eigenvalue weighted by molar-refractivity contribution is 6.34. The highest BCUT2D eigenvalue weighted by Crippen LogP contribution is 2.27. The van der Waals surface area contributed by atoms with E-state index in [1.54, 1.807) is 31.2 Å². The lowest BCUT2D eigenvalue weighted by Gasteiger charge is -2.20. The van der Waals surface area contributed by atoms with E-state index in [0.29, 0.717) is 38.5 Å². The van der Waals surface area contributed by atoms with Gasteiger partial charge in [0.15, 0.2) is 11.5 Å². The number of hydrogen-bond donors (Lipinski definition) is 2. The van der Waals surface area contributed by atoms with Gasteiger partial charge in [-0.25, -0.2) is 24.3 Å². The lowest BCUT2D eigenvalue weighted by Crippen LogP contribution is -2.28. The molecule has 1 atom stereocenters. The van der Waals surface area contributed by atoms with Crippen molar-refractivity contribution in [1.82, 2.24) is 29.5 Å². The van der Waals surface area contributed by atoms with Crippen molar-refractivity contribution < 1.29 is 4.39 Å². The minimum absolute atomic E-state index is 0.127. The third-order valence-electron chi connectivity index (χ3n) is 4.94. The molecule has 5 rings (SSSR count). The standard InChI is InChI=1S/C21H14Cl2FN7O/c1-10(29-19-17-18(26-8-25-17)27-9-28-19)20-30-15-4-2-3-14(24)16(15)21(32)31(20)13-6-11(22)5-12(23)7-13/h2-10H,1H3,(H2,25,26,27,28,29)/t10-/m1/s1. The molecule has 3 heterocycles. The summed E-state index contributed by atoms with van der Waals surface area (Å²) in [6, 6.07) is 8.46. The average molecular weight is 470 g/mol. The van der Waals surface area contributed by atoms with Crippen LogP contribution in [0.25, 0.3) is 27.8 Å². The third kappa shape index (κ3) is 3.45. The molecule has 0 fully saturated rings. The lowest BCUT2D eigenvalue weighted by atomic mass is 10.2. The van der Waals surface area contributed by atoms with Gasteiger partial charge >= 0.3 is 0 Å². The van der Waals surface area contributed by atoms with Crippen LogP contribution in [0.3, 0.4) is 0 Å². The summed E-state index contributed by atoms with van der Waals surface area (Å²) in [5.74, 6) is 0.131. The maximum atomic E-state index is 14.6. The summed E-state index contributed by atoms with van der Waals surface area (Å²) in [6.45, 7) is 1.81. The number of benzene rings is 2. The molecule has 2 aromatic carbocycles. The summed E-state index contributed by atoms with van der Waals surface area (Å²) in [7, 11) is 0. The molecule has 0 saturated heterocycles. The van der Waals surface area contributed by atoms with E-state index in [9.17, 15) is 9.18 Å². The predicted octanol–water partition coefficient (Wildman–Crippen LogP) is 4.67. The molecule has 32 heavy (non-hydrogen) atoms. The molecule has 11 heteroatoms. The van der Waals surface area contributed by atoms with E-state index in [-0.39, 0.29) is 10.9 Å². The van der Waals surface area contributed by atoms with E-state index < -0.39 is 17.4 Å². The Balaban J connectivity index is 1.74. The van der Waals surface area contributed by atoms with Gasteiger partial charge in [0.05, 0.1) is 23.6 Å². The largest absolute Gasteiger partial charge is 0.358 e. The number of anilines is 1. The van der Waals surface area contributed by atoms with Crippen LogP contribution in [0.1, 0.15) is 18.8 Å². The van der Waals surface area contributed by atoms with E-state index >= 15 is 0 Å². The zero-order valence-corrected chi connectivity index (χ0v) is 18.0. The van der Waals surface area contributed by atoms with Gasteiger partial charge in [0, 0.05) is 10.0 Å². The lowest BCUT2D eigenvalue weighted by molar-refractivity contribution is 0.635. The SMILES string of the molecule is C[C@@H](Nc1ncnc2nc[nH]c12)c1nc2cccc(F)c2c(=O)n1-c1cc(Cl)cc(Cl)c1. The topological polar surface area (TPSA) is 101 Å². The normalized spacial score (nSPS) is 12.4. The second kappa shape index (κ2) is 7.85. The van der Waals surface area contributed by atoms with Crippen LogP contribution in [0.4, 0.5) is 10.2 Å². The number of H-pyrrole nitrogens is 1. The van der Waals surface area contributed by atoms with E-state index in [4.69, 9.17) is 23.2 Å².